The highest BCUT2D eigenvalue weighted by molar-refractivity contribution is 6.00. The summed E-state index contributed by atoms with van der Waals surface area (Å²) in [5.41, 5.74) is 13.3. The molecule has 34 heteroatoms. The zero-order valence-corrected chi connectivity index (χ0v) is 64.1. The van der Waals surface area contributed by atoms with Crippen LogP contribution in [-0.4, -0.2) is 220 Å². The highest BCUT2D eigenvalue weighted by Crippen LogP contribution is 2.21. The van der Waals surface area contributed by atoms with Gasteiger partial charge in [-0.15, -0.1) is 0 Å². The van der Waals surface area contributed by atoms with Crippen molar-refractivity contribution in [2.24, 2.45) is 35.1 Å². The fourth-order valence-electron chi connectivity index (χ4n) is 12.4. The first-order valence-electron chi connectivity index (χ1n) is 37.8. The monoisotopic (exact) mass is 1530 g/mol. The van der Waals surface area contributed by atoms with E-state index in [1.54, 1.807) is 102 Å². The topological polar surface area (TPSA) is 544 Å². The Morgan fingerprint density at radius 3 is 1.39 bits per heavy atom. The number of carbonyl (C=O) groups excluding carboxylic acids is 12. The smallest absolute Gasteiger partial charge is 0.322 e. The predicted octanol–water partition coefficient (Wildman–Crippen LogP) is -1.08. The van der Waals surface area contributed by atoms with Gasteiger partial charge in [-0.2, -0.15) is 0 Å². The van der Waals surface area contributed by atoms with Gasteiger partial charge in [-0.1, -0.05) is 110 Å². The number of rotatable bonds is 50. The largest absolute Gasteiger partial charge is 0.481 e. The number of benzene rings is 2. The average Bonchev–Trinajstić information content (AvgIpc) is 1.70. The van der Waals surface area contributed by atoms with Crippen molar-refractivity contribution in [2.45, 2.75) is 244 Å². The van der Waals surface area contributed by atoms with Crippen molar-refractivity contribution in [3.63, 3.8) is 0 Å². The molecule has 34 nitrogen and oxygen atoms in total. The molecule has 0 aliphatic carbocycles. The molecule has 1 aliphatic heterocycles. The van der Waals surface area contributed by atoms with Gasteiger partial charge in [0.05, 0.1) is 18.8 Å². The van der Waals surface area contributed by atoms with Crippen LogP contribution in [-0.2, 0) is 80.0 Å². The third-order valence-corrected chi connectivity index (χ3v) is 18.6. The molecule has 4 rings (SSSR count). The van der Waals surface area contributed by atoms with Gasteiger partial charge < -0.3 is 106 Å². The molecule has 606 valence electrons. The number of H-pyrrole nitrogens is 1. The van der Waals surface area contributed by atoms with Crippen LogP contribution in [0.3, 0.4) is 0 Å². The van der Waals surface area contributed by atoms with Gasteiger partial charge in [0.2, 0.25) is 70.9 Å². The summed E-state index contributed by atoms with van der Waals surface area (Å²) in [5, 5.41) is 76.0. The van der Waals surface area contributed by atoms with Crippen molar-refractivity contribution >= 4 is 93.7 Å². The number of aromatic amines is 1. The van der Waals surface area contributed by atoms with Crippen LogP contribution in [0.1, 0.15) is 163 Å². The molecule has 1 aromatic heterocycles. The van der Waals surface area contributed by atoms with E-state index < -0.39 is 187 Å². The van der Waals surface area contributed by atoms with Crippen molar-refractivity contribution in [2.75, 3.05) is 32.8 Å². The van der Waals surface area contributed by atoms with E-state index in [0.29, 0.717) is 67.2 Å². The Balaban J connectivity index is 1.59. The number of para-hydroxylation sites is 1. The van der Waals surface area contributed by atoms with Gasteiger partial charge in [0, 0.05) is 36.4 Å². The van der Waals surface area contributed by atoms with Gasteiger partial charge in [-0.25, -0.2) is 0 Å². The van der Waals surface area contributed by atoms with E-state index in [1.807, 2.05) is 13.8 Å². The van der Waals surface area contributed by atoms with Gasteiger partial charge in [0.15, 0.2) is 0 Å². The van der Waals surface area contributed by atoms with Crippen LogP contribution in [0.5, 0.6) is 0 Å². The molecule has 2 aromatic carbocycles. The lowest BCUT2D eigenvalue weighted by molar-refractivity contribution is -0.139. The second-order valence-electron chi connectivity index (χ2n) is 29.2. The summed E-state index contributed by atoms with van der Waals surface area (Å²) < 4.78 is 0. The normalized spacial score (nSPS) is 16.3. The molecule has 2 heterocycles. The minimum Gasteiger partial charge on any atom is -0.481 e. The molecule has 1 saturated heterocycles. The number of aliphatic hydroxyl groups is 2. The fraction of sp³-hybridized carbons (Fsp3) is 0.627. The SMILES string of the molecule is CC[C@H](C)[C@H](NC(=O)[C@H](Cc1c[nH]c2ccccc12)NC(=O)[C@H](CCCCN)NC(=O)[C@H](CO)NC(=O)[C@H](CC(C)C)NC(=O)[C@H](Cc1ccccc1)NC(=O)[C@@H](NC(=O)[C@H](CCC(=O)O)NC(=O)[C@H](CC(C)C)NC(=O)[C@H](CC(C)C)NC(=O)[C@H](CCCCN)NC(=O)[C@@H]1CCCN1)[C@@H](C)O)C(=O)NCC(=O)O. The lowest BCUT2D eigenvalue weighted by atomic mass is 9.97. The molecule has 1 fully saturated rings. The molecule has 12 amide bonds. The number of carbonyl (C=O) groups is 14. The average molecular weight is 1530 g/mol. The molecular weight excluding hydrogens is 1410 g/mol. The summed E-state index contributed by atoms with van der Waals surface area (Å²) in [4.78, 5) is 197. The van der Waals surface area contributed by atoms with Crippen molar-refractivity contribution in [3.05, 3.63) is 71.9 Å². The Labute approximate surface area is 636 Å². The Morgan fingerprint density at radius 1 is 0.477 bits per heavy atom. The Morgan fingerprint density at radius 2 is 0.908 bits per heavy atom. The number of hydrogen-bond donors (Lipinski definition) is 20. The molecule has 109 heavy (non-hydrogen) atoms. The number of nitrogens with one attached hydrogen (secondary N) is 14. The summed E-state index contributed by atoms with van der Waals surface area (Å²) in [6.07, 6.45) is 1.77. The zero-order chi connectivity index (χ0) is 81.0. The van der Waals surface area contributed by atoms with Crippen LogP contribution in [0.25, 0.3) is 10.9 Å². The number of fused-ring (bicyclic) bond motifs is 1. The fourth-order valence-corrected chi connectivity index (χ4v) is 12.4. The van der Waals surface area contributed by atoms with Crippen LogP contribution in [0.4, 0.5) is 0 Å². The number of aliphatic hydroxyl groups excluding tert-OH is 2. The highest BCUT2D eigenvalue weighted by atomic mass is 16.4. The van der Waals surface area contributed by atoms with E-state index in [-0.39, 0.29) is 81.6 Å². The van der Waals surface area contributed by atoms with Crippen LogP contribution in [0, 0.1) is 23.7 Å². The maximum atomic E-state index is 14.7. The minimum absolute atomic E-state index is 0.0253. The Kier molecular flexibility index (Phi) is 39.8. The number of aliphatic carboxylic acids is 2. The molecule has 1 aliphatic rings. The van der Waals surface area contributed by atoms with Gasteiger partial charge in [-0.3, -0.25) is 67.1 Å². The standard InChI is InChI=1S/C75H118N16O18/c1-10-44(8)62(74(108)80-39-61(96)97)90-72(106)58(37-47-38-79-49-24-15-14-23-48(47)49)87-66(100)52(26-17-19-31-77)82-73(107)59(40-92)89-70(104)56(35-43(6)7)86-71(105)57(36-46-21-12-11-13-22-46)88-75(109)63(45(9)93)91-67(101)53(28-29-60(94)95)83-68(102)54(33-41(2)3)85-69(103)55(34-42(4)5)84-65(99)51(25-16-18-30-76)81-64(98)50-27-20-32-78-50/h11-15,21-24,38,41-45,50-59,62-63,78-79,92-93H,10,16-20,25-37,39-40,76-77H2,1-9H3,(H,80,108)(H,81,98)(H,82,107)(H,83,102)(H,84,99)(H,85,103)(H,86,105)(H,87,100)(H,88,109)(H,89,104)(H,90,106)(H,91,101)(H,94,95)(H,96,97)/t44-,45+,50-,51-,52-,53-,54-,55-,56-,57-,58-,59-,62-,63-/m0/s1. The molecule has 3 aromatic rings. The first-order valence-corrected chi connectivity index (χ1v) is 37.8. The van der Waals surface area contributed by atoms with Crippen LogP contribution >= 0.6 is 0 Å². The number of hydrogen-bond acceptors (Lipinski definition) is 19. The first-order chi connectivity index (χ1) is 51.7. The van der Waals surface area contributed by atoms with E-state index in [9.17, 15) is 87.5 Å². The Bertz CT molecular complexity index is 3500. The van der Waals surface area contributed by atoms with E-state index in [2.05, 4.69) is 74.1 Å². The second-order valence-corrected chi connectivity index (χ2v) is 29.2. The molecule has 0 saturated carbocycles. The van der Waals surface area contributed by atoms with E-state index >= 15 is 0 Å². The van der Waals surface area contributed by atoms with Crippen molar-refractivity contribution in [3.8, 4) is 0 Å². The quantitative estimate of drug-likeness (QED) is 0.0299. The molecule has 22 N–H and O–H groups in total. The summed E-state index contributed by atoms with van der Waals surface area (Å²) in [6.45, 7) is 14.6. The molecule has 0 spiro atoms. The lowest BCUT2D eigenvalue weighted by Crippen LogP contribution is -2.62. The molecule has 0 unspecified atom stereocenters. The number of carboxylic acids is 2. The second kappa shape index (κ2) is 47.3. The molecule has 14 atom stereocenters. The molecule has 0 radical (unpaired) electrons. The summed E-state index contributed by atoms with van der Waals surface area (Å²) in [7, 11) is 0. The van der Waals surface area contributed by atoms with Crippen LogP contribution in [0.2, 0.25) is 0 Å². The van der Waals surface area contributed by atoms with Crippen molar-refractivity contribution in [1.82, 2.24) is 74.1 Å². The maximum Gasteiger partial charge on any atom is 0.322 e. The third-order valence-electron chi connectivity index (χ3n) is 18.6. The molecular formula is C75H118N16O18. The van der Waals surface area contributed by atoms with E-state index in [0.717, 1.165) is 13.3 Å². The van der Waals surface area contributed by atoms with E-state index in [4.69, 9.17) is 11.5 Å². The van der Waals surface area contributed by atoms with Gasteiger partial charge in [0.25, 0.3) is 0 Å². The highest BCUT2D eigenvalue weighted by Gasteiger charge is 2.39. The van der Waals surface area contributed by atoms with Crippen LogP contribution < -0.4 is 80.6 Å². The van der Waals surface area contributed by atoms with Gasteiger partial charge >= 0.3 is 11.9 Å². The maximum absolute atomic E-state index is 14.7. The zero-order valence-electron chi connectivity index (χ0n) is 64.1. The van der Waals surface area contributed by atoms with Crippen molar-refractivity contribution < 1.29 is 87.5 Å². The van der Waals surface area contributed by atoms with Gasteiger partial charge in [0.1, 0.15) is 73.0 Å². The first kappa shape index (κ1) is 91.7. The number of nitrogens with two attached hydrogens (primary N) is 2. The number of aromatic nitrogens is 1. The predicted molar refractivity (Wildman–Crippen MR) is 404 cm³/mol. The van der Waals surface area contributed by atoms with Gasteiger partial charge in [-0.05, 0) is 144 Å². The van der Waals surface area contributed by atoms with Crippen LogP contribution in [0.15, 0.2) is 60.8 Å². The summed E-state index contributed by atoms with van der Waals surface area (Å²) >= 11 is 0. The van der Waals surface area contributed by atoms with E-state index in [1.165, 1.54) is 0 Å². The summed E-state index contributed by atoms with van der Waals surface area (Å²) in [6, 6.07) is -1.36. The lowest BCUT2D eigenvalue weighted by Gasteiger charge is -2.29. The minimum atomic E-state index is -1.91. The number of unbranched alkanes of at least 4 members (excludes halogenated alkanes) is 2. The summed E-state index contributed by atoms with van der Waals surface area (Å²) in [5.74, 6) is -14.6. The third kappa shape index (κ3) is 31.8. The van der Waals surface area contributed by atoms with Crippen molar-refractivity contribution in [1.29, 1.82) is 0 Å². The Hall–Kier alpha value is -9.64. The molecule has 0 bridgehead atoms. The number of carboxylic acid groups (broad SMARTS) is 2. The number of amides is 12.